The second kappa shape index (κ2) is 6.53. The minimum atomic E-state index is -0.804. The number of amides is 2. The van der Waals surface area contributed by atoms with Gasteiger partial charge in [0.2, 0.25) is 0 Å². The van der Waals surface area contributed by atoms with E-state index in [1.54, 1.807) is 23.7 Å². The normalized spacial score (nSPS) is 13.0. The summed E-state index contributed by atoms with van der Waals surface area (Å²) in [5, 5.41) is 4.71. The number of rotatable bonds is 4. The Morgan fingerprint density at radius 2 is 1.56 bits per heavy atom. The van der Waals surface area contributed by atoms with E-state index in [0.29, 0.717) is 17.3 Å². The molecule has 134 valence electrons. The van der Waals surface area contributed by atoms with Crippen LogP contribution in [0.3, 0.4) is 0 Å². The Morgan fingerprint density at radius 1 is 0.963 bits per heavy atom. The maximum Gasteiger partial charge on any atom is 0.367 e. The van der Waals surface area contributed by atoms with Crippen LogP contribution in [-0.2, 0) is 11.4 Å². The van der Waals surface area contributed by atoms with Crippen molar-refractivity contribution >= 4 is 17.8 Å². The Kier molecular flexibility index (Phi) is 4.04. The number of hydrogen-bond acceptors (Lipinski definition) is 5. The molecule has 0 unspecified atom stereocenters. The monoisotopic (exact) mass is 361 g/mol. The van der Waals surface area contributed by atoms with Gasteiger partial charge in [-0.2, -0.15) is 5.10 Å². The van der Waals surface area contributed by atoms with Crippen molar-refractivity contribution in [3.8, 4) is 0 Å². The number of carbonyl (C=O) groups is 3. The second-order valence-electron chi connectivity index (χ2n) is 6.12. The molecule has 0 fully saturated rings. The number of imide groups is 1. The van der Waals surface area contributed by atoms with E-state index in [1.807, 2.05) is 30.3 Å². The van der Waals surface area contributed by atoms with Gasteiger partial charge < -0.3 is 4.84 Å². The van der Waals surface area contributed by atoms with Crippen molar-refractivity contribution in [2.24, 2.45) is 0 Å². The Morgan fingerprint density at radius 3 is 2.19 bits per heavy atom. The average molecular weight is 361 g/mol. The van der Waals surface area contributed by atoms with Gasteiger partial charge in [-0.3, -0.25) is 14.3 Å². The van der Waals surface area contributed by atoms with Crippen LogP contribution in [-0.4, -0.2) is 32.6 Å². The summed E-state index contributed by atoms with van der Waals surface area (Å²) in [5.74, 6) is -2.11. The van der Waals surface area contributed by atoms with Crippen LogP contribution in [0.1, 0.15) is 42.3 Å². The number of aromatic nitrogens is 2. The molecule has 0 saturated carbocycles. The molecule has 3 aromatic rings. The van der Waals surface area contributed by atoms with Crippen molar-refractivity contribution in [2.45, 2.75) is 13.5 Å². The molecule has 0 aliphatic carbocycles. The lowest BCUT2D eigenvalue weighted by Crippen LogP contribution is -2.32. The number of fused-ring (bicyclic) bond motifs is 1. The lowest BCUT2D eigenvalue weighted by Gasteiger charge is -2.12. The van der Waals surface area contributed by atoms with Crippen LogP contribution in [0.25, 0.3) is 0 Å². The second-order valence-corrected chi connectivity index (χ2v) is 6.12. The molecule has 4 rings (SSSR count). The zero-order chi connectivity index (χ0) is 19.0. The van der Waals surface area contributed by atoms with Crippen LogP contribution < -0.4 is 0 Å². The van der Waals surface area contributed by atoms with Crippen LogP contribution >= 0.6 is 0 Å². The van der Waals surface area contributed by atoms with Crippen LogP contribution in [0.5, 0.6) is 0 Å². The molecule has 0 N–H and O–H groups in total. The fourth-order valence-corrected chi connectivity index (χ4v) is 2.94. The van der Waals surface area contributed by atoms with Crippen LogP contribution in [0.15, 0.2) is 60.8 Å². The molecule has 7 heteroatoms. The van der Waals surface area contributed by atoms with Crippen LogP contribution in [0.4, 0.5) is 0 Å². The van der Waals surface area contributed by atoms with Crippen molar-refractivity contribution in [3.63, 3.8) is 0 Å². The molecule has 0 atom stereocenters. The molecule has 0 saturated heterocycles. The summed E-state index contributed by atoms with van der Waals surface area (Å²) in [6.07, 6.45) is 1.37. The fraction of sp³-hybridized carbons (Fsp3) is 0.100. The Labute approximate surface area is 154 Å². The van der Waals surface area contributed by atoms with Crippen molar-refractivity contribution in [1.82, 2.24) is 14.8 Å². The number of nitrogens with zero attached hydrogens (tertiary/aromatic N) is 3. The van der Waals surface area contributed by atoms with E-state index in [2.05, 4.69) is 5.10 Å². The lowest BCUT2D eigenvalue weighted by molar-refractivity contribution is -0.0585. The maximum absolute atomic E-state index is 12.5. The molecule has 27 heavy (non-hydrogen) atoms. The molecule has 2 amide bonds. The number of hydrogen-bond donors (Lipinski definition) is 0. The molecule has 0 radical (unpaired) electrons. The fourth-order valence-electron chi connectivity index (χ4n) is 2.94. The minimum Gasteiger partial charge on any atom is -0.324 e. The van der Waals surface area contributed by atoms with Gasteiger partial charge in [0.1, 0.15) is 5.56 Å². The van der Waals surface area contributed by atoms with Gasteiger partial charge in [-0.1, -0.05) is 47.5 Å². The quantitative estimate of drug-likeness (QED) is 0.667. The first-order valence-corrected chi connectivity index (χ1v) is 8.32. The summed E-state index contributed by atoms with van der Waals surface area (Å²) in [6.45, 7) is 2.22. The third-order valence-corrected chi connectivity index (χ3v) is 4.43. The summed E-state index contributed by atoms with van der Waals surface area (Å²) in [5.41, 5.74) is 2.24. The standard InChI is InChI=1S/C20H15N3O4/c1-13-17(11-21-22(13)12-14-7-3-2-4-8-14)20(26)27-23-18(24)15-9-5-6-10-16(15)19(23)25/h2-11H,12H2,1H3. The Bertz CT molecular complexity index is 1020. The van der Waals surface area contributed by atoms with Gasteiger partial charge >= 0.3 is 5.97 Å². The van der Waals surface area contributed by atoms with E-state index in [9.17, 15) is 14.4 Å². The molecule has 2 heterocycles. The van der Waals surface area contributed by atoms with E-state index < -0.39 is 17.8 Å². The number of carbonyl (C=O) groups excluding carboxylic acids is 3. The summed E-state index contributed by atoms with van der Waals surface area (Å²) in [7, 11) is 0. The molecular weight excluding hydrogens is 346 g/mol. The first kappa shape index (κ1) is 16.7. The highest BCUT2D eigenvalue weighted by molar-refractivity contribution is 6.21. The minimum absolute atomic E-state index is 0.197. The first-order chi connectivity index (χ1) is 13.1. The van der Waals surface area contributed by atoms with Gasteiger partial charge in [0.25, 0.3) is 11.8 Å². The molecule has 7 nitrogen and oxygen atoms in total. The van der Waals surface area contributed by atoms with Gasteiger partial charge in [-0.05, 0) is 24.6 Å². The average Bonchev–Trinajstić information content (AvgIpc) is 3.16. The predicted molar refractivity (Wildman–Crippen MR) is 94.9 cm³/mol. The maximum atomic E-state index is 12.5. The SMILES string of the molecule is Cc1c(C(=O)ON2C(=O)c3ccccc3C2=O)cnn1Cc1ccccc1. The molecule has 1 aliphatic heterocycles. The molecule has 0 bridgehead atoms. The molecule has 1 aliphatic rings. The molecular formula is C20H15N3O4. The lowest BCUT2D eigenvalue weighted by atomic mass is 10.1. The van der Waals surface area contributed by atoms with E-state index in [4.69, 9.17) is 4.84 Å². The number of hydroxylamine groups is 2. The highest BCUT2D eigenvalue weighted by atomic mass is 16.7. The first-order valence-electron chi connectivity index (χ1n) is 8.32. The zero-order valence-electron chi connectivity index (χ0n) is 14.5. The van der Waals surface area contributed by atoms with Crippen molar-refractivity contribution in [3.05, 3.63) is 88.7 Å². The highest BCUT2D eigenvalue weighted by Crippen LogP contribution is 2.23. The summed E-state index contributed by atoms with van der Waals surface area (Å²) < 4.78 is 1.66. The summed E-state index contributed by atoms with van der Waals surface area (Å²) >= 11 is 0. The third-order valence-electron chi connectivity index (χ3n) is 4.43. The smallest absolute Gasteiger partial charge is 0.324 e. The van der Waals surface area contributed by atoms with E-state index in [1.165, 1.54) is 18.3 Å². The van der Waals surface area contributed by atoms with Gasteiger partial charge in [0, 0.05) is 0 Å². The van der Waals surface area contributed by atoms with Gasteiger partial charge in [0.05, 0.1) is 29.6 Å². The third kappa shape index (κ3) is 2.89. The van der Waals surface area contributed by atoms with Crippen LogP contribution in [0, 0.1) is 6.92 Å². The van der Waals surface area contributed by atoms with Gasteiger partial charge in [-0.25, -0.2) is 4.79 Å². The zero-order valence-corrected chi connectivity index (χ0v) is 14.5. The number of benzene rings is 2. The van der Waals surface area contributed by atoms with E-state index in [0.717, 1.165) is 5.56 Å². The Hall–Kier alpha value is -3.74. The summed E-state index contributed by atoms with van der Waals surface area (Å²) in [6, 6.07) is 16.0. The highest BCUT2D eigenvalue weighted by Gasteiger charge is 2.39. The van der Waals surface area contributed by atoms with Gasteiger partial charge in [-0.15, -0.1) is 0 Å². The van der Waals surface area contributed by atoms with Crippen molar-refractivity contribution in [2.75, 3.05) is 0 Å². The van der Waals surface area contributed by atoms with Crippen molar-refractivity contribution in [1.29, 1.82) is 0 Å². The molecule has 2 aromatic carbocycles. The van der Waals surface area contributed by atoms with E-state index >= 15 is 0 Å². The molecule has 1 aromatic heterocycles. The Balaban J connectivity index is 1.53. The van der Waals surface area contributed by atoms with E-state index in [-0.39, 0.29) is 16.7 Å². The molecule has 0 spiro atoms. The largest absolute Gasteiger partial charge is 0.367 e. The summed E-state index contributed by atoms with van der Waals surface area (Å²) in [4.78, 5) is 42.2. The topological polar surface area (TPSA) is 81.5 Å². The predicted octanol–water partition coefficient (Wildman–Crippen LogP) is 2.61. The van der Waals surface area contributed by atoms with Crippen LogP contribution in [0.2, 0.25) is 0 Å². The van der Waals surface area contributed by atoms with Gasteiger partial charge in [0.15, 0.2) is 0 Å². The van der Waals surface area contributed by atoms with Crippen molar-refractivity contribution < 1.29 is 19.2 Å².